The average Bonchev–Trinajstić information content (AvgIpc) is 3.00. The third-order valence-electron chi connectivity index (χ3n) is 7.30. The van der Waals surface area contributed by atoms with Crippen molar-refractivity contribution in [2.75, 3.05) is 32.7 Å². The molecule has 0 atom stereocenters. The first kappa shape index (κ1) is 29.5. The Morgan fingerprint density at radius 3 is 1.85 bits per heavy atom. The van der Waals surface area contributed by atoms with Crippen molar-refractivity contribution in [1.82, 2.24) is 14.1 Å². The number of amides is 1. The van der Waals surface area contributed by atoms with Gasteiger partial charge < -0.3 is 4.90 Å². The van der Waals surface area contributed by atoms with Gasteiger partial charge in [-0.25, -0.2) is 8.42 Å². The predicted octanol–water partition coefficient (Wildman–Crippen LogP) is 6.23. The van der Waals surface area contributed by atoms with Crippen molar-refractivity contribution in [2.24, 2.45) is 0 Å². The van der Waals surface area contributed by atoms with E-state index in [0.29, 0.717) is 31.2 Å². The van der Waals surface area contributed by atoms with Gasteiger partial charge in [0.25, 0.3) is 0 Å². The molecule has 1 aliphatic heterocycles. The van der Waals surface area contributed by atoms with Crippen molar-refractivity contribution in [1.29, 1.82) is 0 Å². The molecule has 41 heavy (non-hydrogen) atoms. The van der Waals surface area contributed by atoms with Crippen molar-refractivity contribution in [3.8, 4) is 0 Å². The Kier molecular flexibility index (Phi) is 9.57. The first-order valence-electron chi connectivity index (χ1n) is 13.4. The Hall–Kier alpha value is -3.01. The molecule has 6 nitrogen and oxygen atoms in total. The Balaban J connectivity index is 1.32. The molecule has 4 aromatic rings. The van der Waals surface area contributed by atoms with Gasteiger partial charge in [-0.2, -0.15) is 4.31 Å². The van der Waals surface area contributed by atoms with Crippen LogP contribution in [0.15, 0.2) is 119 Å². The molecule has 1 aliphatic rings. The maximum atomic E-state index is 13.7. The second-order valence-electron chi connectivity index (χ2n) is 9.99. The maximum Gasteiger partial charge on any atom is 0.243 e. The van der Waals surface area contributed by atoms with Crippen LogP contribution in [0.5, 0.6) is 0 Å². The van der Waals surface area contributed by atoms with Gasteiger partial charge in [0.15, 0.2) is 0 Å². The topological polar surface area (TPSA) is 60.9 Å². The quantitative estimate of drug-likeness (QED) is 0.215. The number of halogens is 2. The van der Waals surface area contributed by atoms with E-state index in [4.69, 9.17) is 11.6 Å². The molecule has 212 valence electrons. The molecule has 1 saturated heterocycles. The molecular weight excluding hydrogens is 622 g/mol. The fourth-order valence-corrected chi connectivity index (χ4v) is 6.91. The van der Waals surface area contributed by atoms with Gasteiger partial charge in [-0.3, -0.25) is 9.69 Å². The van der Waals surface area contributed by atoms with E-state index in [1.165, 1.54) is 27.6 Å². The van der Waals surface area contributed by atoms with Crippen LogP contribution in [-0.2, 0) is 21.4 Å². The van der Waals surface area contributed by atoms with Crippen molar-refractivity contribution in [2.45, 2.75) is 17.5 Å². The second kappa shape index (κ2) is 13.3. The highest BCUT2D eigenvalue weighted by molar-refractivity contribution is 9.10. The lowest BCUT2D eigenvalue weighted by Crippen LogP contribution is -2.52. The minimum Gasteiger partial charge on any atom is -0.339 e. The Bertz CT molecular complexity index is 1510. The maximum absolute atomic E-state index is 13.7. The number of rotatable bonds is 9. The molecule has 0 radical (unpaired) electrons. The Labute approximate surface area is 255 Å². The molecule has 0 bridgehead atoms. The van der Waals surface area contributed by atoms with Crippen molar-refractivity contribution >= 4 is 43.5 Å². The van der Waals surface area contributed by atoms with Gasteiger partial charge in [0, 0.05) is 42.2 Å². The van der Waals surface area contributed by atoms with Crippen LogP contribution >= 0.6 is 27.5 Å². The summed E-state index contributed by atoms with van der Waals surface area (Å²) in [7, 11) is -3.95. The molecule has 9 heteroatoms. The average molecular weight is 653 g/mol. The van der Waals surface area contributed by atoms with E-state index < -0.39 is 10.0 Å². The first-order chi connectivity index (χ1) is 19.8. The monoisotopic (exact) mass is 651 g/mol. The number of hydrogen-bond acceptors (Lipinski definition) is 4. The summed E-state index contributed by atoms with van der Waals surface area (Å²) in [6.07, 6.45) is 0. The smallest absolute Gasteiger partial charge is 0.243 e. The van der Waals surface area contributed by atoms with Crippen LogP contribution in [-0.4, -0.2) is 61.2 Å². The number of benzene rings is 4. The molecular formula is C32H31BrClN3O3S. The lowest BCUT2D eigenvalue weighted by molar-refractivity contribution is -0.133. The summed E-state index contributed by atoms with van der Waals surface area (Å²) < 4.78 is 29.5. The molecule has 1 fully saturated rings. The van der Waals surface area contributed by atoms with E-state index >= 15 is 0 Å². The molecule has 1 heterocycles. The van der Waals surface area contributed by atoms with Gasteiger partial charge in [0.05, 0.1) is 17.5 Å². The minimum absolute atomic E-state index is 0.0774. The molecule has 0 unspecified atom stereocenters. The predicted molar refractivity (Wildman–Crippen MR) is 166 cm³/mol. The minimum atomic E-state index is -3.95. The van der Waals surface area contributed by atoms with Crippen molar-refractivity contribution < 1.29 is 13.2 Å². The van der Waals surface area contributed by atoms with E-state index in [1.807, 2.05) is 60.7 Å². The van der Waals surface area contributed by atoms with Gasteiger partial charge in [-0.1, -0.05) is 100 Å². The summed E-state index contributed by atoms with van der Waals surface area (Å²) in [6.45, 7) is 2.22. The zero-order chi connectivity index (χ0) is 28.8. The summed E-state index contributed by atoms with van der Waals surface area (Å²) >= 11 is 9.43. The molecule has 5 rings (SSSR count). The van der Waals surface area contributed by atoms with Crippen LogP contribution in [0.4, 0.5) is 0 Å². The summed E-state index contributed by atoms with van der Waals surface area (Å²) in [5.74, 6) is -0.213. The van der Waals surface area contributed by atoms with E-state index in [-0.39, 0.29) is 29.9 Å². The van der Waals surface area contributed by atoms with Crippen LogP contribution in [0.2, 0.25) is 5.02 Å². The second-order valence-corrected chi connectivity index (χ2v) is 13.3. The molecule has 1 amide bonds. The summed E-state index contributed by atoms with van der Waals surface area (Å²) in [4.78, 5) is 17.8. The largest absolute Gasteiger partial charge is 0.339 e. The Morgan fingerprint density at radius 2 is 1.32 bits per heavy atom. The van der Waals surface area contributed by atoms with Crippen molar-refractivity contribution in [3.63, 3.8) is 0 Å². The number of carbonyl (C=O) groups excluding carboxylic acids is 1. The van der Waals surface area contributed by atoms with E-state index in [0.717, 1.165) is 10.0 Å². The zero-order valence-corrected chi connectivity index (χ0v) is 25.6. The number of carbonyl (C=O) groups is 1. The van der Waals surface area contributed by atoms with Crippen LogP contribution in [0.25, 0.3) is 0 Å². The molecule has 0 aromatic heterocycles. The van der Waals surface area contributed by atoms with Crippen LogP contribution in [0, 0.1) is 0 Å². The first-order valence-corrected chi connectivity index (χ1v) is 16.0. The van der Waals surface area contributed by atoms with Crippen LogP contribution < -0.4 is 0 Å². The molecule has 4 aromatic carbocycles. The van der Waals surface area contributed by atoms with E-state index in [1.54, 1.807) is 17.0 Å². The lowest BCUT2D eigenvalue weighted by Gasteiger charge is -2.40. The van der Waals surface area contributed by atoms with Gasteiger partial charge in [0.1, 0.15) is 0 Å². The highest BCUT2D eigenvalue weighted by Crippen LogP contribution is 2.30. The normalized spacial score (nSPS) is 14.5. The van der Waals surface area contributed by atoms with Gasteiger partial charge in [0.2, 0.25) is 15.9 Å². The fourth-order valence-electron chi connectivity index (χ4n) is 5.14. The van der Waals surface area contributed by atoms with Gasteiger partial charge in [-0.15, -0.1) is 0 Å². The summed E-state index contributed by atoms with van der Waals surface area (Å²) in [5.41, 5.74) is 3.19. The zero-order valence-electron chi connectivity index (χ0n) is 22.4. The summed E-state index contributed by atoms with van der Waals surface area (Å²) in [5, 5.41) is 0.446. The molecule has 0 aliphatic carbocycles. The number of piperazine rings is 1. The number of nitrogens with zero attached hydrogens (tertiary/aromatic N) is 3. The number of hydrogen-bond donors (Lipinski definition) is 0. The van der Waals surface area contributed by atoms with E-state index in [2.05, 4.69) is 45.1 Å². The van der Waals surface area contributed by atoms with Crippen LogP contribution in [0.3, 0.4) is 0 Å². The van der Waals surface area contributed by atoms with Gasteiger partial charge >= 0.3 is 0 Å². The Morgan fingerprint density at radius 1 is 0.780 bits per heavy atom. The lowest BCUT2D eigenvalue weighted by atomic mass is 9.96. The standard InChI is InChI=1S/C32H31BrClN3O3S/c33-28-13-11-25(12-14-28)23-37(41(39,40)30-17-15-29(34)16-18-30)24-31(38)35-19-21-36(22-20-35)32(26-7-3-1-4-8-26)27-9-5-2-6-10-27/h1-18,32H,19-24H2. The molecule has 0 spiro atoms. The van der Waals surface area contributed by atoms with Crippen LogP contribution in [0.1, 0.15) is 22.7 Å². The number of sulfonamides is 1. The third-order valence-corrected chi connectivity index (χ3v) is 9.88. The molecule has 0 N–H and O–H groups in total. The summed E-state index contributed by atoms with van der Waals surface area (Å²) in [6, 6.07) is 34.3. The van der Waals surface area contributed by atoms with Crippen molar-refractivity contribution in [3.05, 3.63) is 135 Å². The highest BCUT2D eigenvalue weighted by Gasteiger charge is 2.32. The van der Waals surface area contributed by atoms with Gasteiger partial charge in [-0.05, 0) is 53.1 Å². The SMILES string of the molecule is O=C(CN(Cc1ccc(Br)cc1)S(=O)(=O)c1ccc(Cl)cc1)N1CCN(C(c2ccccc2)c2ccccc2)CC1. The van der Waals surface area contributed by atoms with E-state index in [9.17, 15) is 13.2 Å². The highest BCUT2D eigenvalue weighted by atomic mass is 79.9. The molecule has 0 saturated carbocycles. The third kappa shape index (κ3) is 7.26. The fraction of sp³-hybridized carbons (Fsp3) is 0.219.